The number of ether oxygens (including phenoxy) is 2. The highest BCUT2D eigenvalue weighted by atomic mass is 32.2. The van der Waals surface area contributed by atoms with Crippen molar-refractivity contribution in [1.29, 1.82) is 0 Å². The molecule has 2 aromatic rings. The number of carbonyl (C=O) groups is 2. The summed E-state index contributed by atoms with van der Waals surface area (Å²) in [6, 6.07) is 11.0. The molecule has 0 saturated heterocycles. The van der Waals surface area contributed by atoms with Gasteiger partial charge in [0.1, 0.15) is 5.75 Å². The lowest BCUT2D eigenvalue weighted by atomic mass is 10.1. The number of amides is 1. The number of nitrogens with one attached hydrogen (secondary N) is 2. The van der Waals surface area contributed by atoms with Gasteiger partial charge in [-0.3, -0.25) is 4.79 Å². The number of sulfonamides is 1. The Kier molecular flexibility index (Phi) is 7.35. The van der Waals surface area contributed by atoms with E-state index in [0.29, 0.717) is 17.0 Å². The standard InChI is InChI=1S/C20H24N2O6S/c1-5-21-29(25,26)15-11-10-13(2)16(12-15)20(24)28-14(3)19(23)22-17-8-6-7-9-18(17)27-4/h6-12,14,21H,5H2,1-4H3,(H,22,23). The summed E-state index contributed by atoms with van der Waals surface area (Å²) < 4.78 is 37.1. The Bertz CT molecular complexity index is 1000. The second kappa shape index (κ2) is 9.53. The quantitative estimate of drug-likeness (QED) is 0.635. The van der Waals surface area contributed by atoms with Crippen molar-refractivity contribution in [3.8, 4) is 5.75 Å². The summed E-state index contributed by atoms with van der Waals surface area (Å²) in [5.74, 6) is -0.868. The number of carbonyl (C=O) groups excluding carboxylic acids is 2. The minimum Gasteiger partial charge on any atom is -0.495 e. The van der Waals surface area contributed by atoms with Crippen LogP contribution in [-0.4, -0.2) is 40.1 Å². The number of aryl methyl sites for hydroxylation is 1. The number of methoxy groups -OCH3 is 1. The second-order valence-corrected chi connectivity index (χ2v) is 7.98. The number of esters is 1. The summed E-state index contributed by atoms with van der Waals surface area (Å²) in [7, 11) is -2.25. The molecule has 0 bridgehead atoms. The first kappa shape index (κ1) is 22.4. The van der Waals surface area contributed by atoms with Crippen molar-refractivity contribution < 1.29 is 27.5 Å². The van der Waals surface area contributed by atoms with Gasteiger partial charge in [0.05, 0.1) is 23.3 Å². The van der Waals surface area contributed by atoms with Crippen molar-refractivity contribution >= 4 is 27.6 Å². The van der Waals surface area contributed by atoms with Crippen LogP contribution in [0.25, 0.3) is 0 Å². The zero-order valence-corrected chi connectivity index (χ0v) is 17.5. The van der Waals surface area contributed by atoms with Gasteiger partial charge in [-0.25, -0.2) is 17.9 Å². The molecule has 2 rings (SSSR count). The van der Waals surface area contributed by atoms with Gasteiger partial charge in [0.15, 0.2) is 6.10 Å². The van der Waals surface area contributed by atoms with Crippen molar-refractivity contribution in [3.63, 3.8) is 0 Å². The van der Waals surface area contributed by atoms with E-state index in [2.05, 4.69) is 10.0 Å². The Morgan fingerprint density at radius 3 is 2.48 bits per heavy atom. The summed E-state index contributed by atoms with van der Waals surface area (Å²) in [5.41, 5.74) is 1.04. The van der Waals surface area contributed by atoms with Crippen LogP contribution in [0.5, 0.6) is 5.75 Å². The molecule has 0 aliphatic rings. The van der Waals surface area contributed by atoms with Crippen molar-refractivity contribution in [3.05, 3.63) is 53.6 Å². The van der Waals surface area contributed by atoms with E-state index in [1.807, 2.05) is 0 Å². The number of hydrogen-bond donors (Lipinski definition) is 2. The molecule has 1 atom stereocenters. The fourth-order valence-corrected chi connectivity index (χ4v) is 3.59. The van der Waals surface area contributed by atoms with Crippen LogP contribution in [0.1, 0.15) is 29.8 Å². The molecular formula is C20H24N2O6S. The number of benzene rings is 2. The molecule has 0 radical (unpaired) electrons. The largest absolute Gasteiger partial charge is 0.495 e. The van der Waals surface area contributed by atoms with Gasteiger partial charge in [-0.2, -0.15) is 0 Å². The van der Waals surface area contributed by atoms with Gasteiger partial charge in [0.25, 0.3) is 5.91 Å². The normalized spacial score (nSPS) is 12.1. The SMILES string of the molecule is CCNS(=O)(=O)c1ccc(C)c(C(=O)OC(C)C(=O)Nc2ccccc2OC)c1. The molecular weight excluding hydrogens is 396 g/mol. The Labute approximate surface area is 170 Å². The first-order valence-electron chi connectivity index (χ1n) is 8.94. The monoisotopic (exact) mass is 420 g/mol. The summed E-state index contributed by atoms with van der Waals surface area (Å²) >= 11 is 0. The van der Waals surface area contributed by atoms with Gasteiger partial charge in [0.2, 0.25) is 10.0 Å². The zero-order valence-electron chi connectivity index (χ0n) is 16.7. The lowest BCUT2D eigenvalue weighted by Gasteiger charge is -2.16. The minimum absolute atomic E-state index is 0.0528. The van der Waals surface area contributed by atoms with Crippen LogP contribution < -0.4 is 14.8 Å². The zero-order chi connectivity index (χ0) is 21.6. The Morgan fingerprint density at radius 1 is 1.14 bits per heavy atom. The average Bonchev–Trinajstić information content (AvgIpc) is 2.68. The summed E-state index contributed by atoms with van der Waals surface area (Å²) in [4.78, 5) is 24.9. The molecule has 156 valence electrons. The van der Waals surface area contributed by atoms with E-state index in [1.54, 1.807) is 38.1 Å². The predicted octanol–water partition coefficient (Wildman–Crippen LogP) is 2.49. The maximum Gasteiger partial charge on any atom is 0.339 e. The molecule has 9 heteroatoms. The fraction of sp³-hybridized carbons (Fsp3) is 0.300. The second-order valence-electron chi connectivity index (χ2n) is 6.22. The van der Waals surface area contributed by atoms with E-state index >= 15 is 0 Å². The van der Waals surface area contributed by atoms with Gasteiger partial charge in [0, 0.05) is 6.54 Å². The molecule has 2 N–H and O–H groups in total. The molecule has 1 amide bonds. The summed E-state index contributed by atoms with van der Waals surface area (Å²) in [6.07, 6.45) is -1.11. The molecule has 0 aromatic heterocycles. The molecule has 2 aromatic carbocycles. The molecule has 0 fully saturated rings. The lowest BCUT2D eigenvalue weighted by Crippen LogP contribution is -2.30. The van der Waals surface area contributed by atoms with E-state index in [4.69, 9.17) is 9.47 Å². The molecule has 0 aliphatic heterocycles. The molecule has 0 heterocycles. The number of para-hydroxylation sites is 2. The highest BCUT2D eigenvalue weighted by molar-refractivity contribution is 7.89. The third-order valence-electron chi connectivity index (χ3n) is 4.09. The van der Waals surface area contributed by atoms with E-state index in [1.165, 1.54) is 32.2 Å². The molecule has 1 unspecified atom stereocenters. The number of anilines is 1. The maximum absolute atomic E-state index is 12.6. The lowest BCUT2D eigenvalue weighted by molar-refractivity contribution is -0.123. The van der Waals surface area contributed by atoms with Crippen LogP contribution in [0, 0.1) is 6.92 Å². The van der Waals surface area contributed by atoms with E-state index in [-0.39, 0.29) is 17.0 Å². The average molecular weight is 420 g/mol. The van der Waals surface area contributed by atoms with Gasteiger partial charge in [-0.15, -0.1) is 0 Å². The van der Waals surface area contributed by atoms with Crippen LogP contribution >= 0.6 is 0 Å². The topological polar surface area (TPSA) is 111 Å². The molecule has 0 saturated carbocycles. The van der Waals surface area contributed by atoms with Crippen molar-refractivity contribution in [1.82, 2.24) is 4.72 Å². The van der Waals surface area contributed by atoms with Gasteiger partial charge in [-0.1, -0.05) is 25.1 Å². The molecule has 0 aliphatic carbocycles. The number of hydrogen-bond acceptors (Lipinski definition) is 6. The van der Waals surface area contributed by atoms with Crippen molar-refractivity contribution in [2.24, 2.45) is 0 Å². The Hall–Kier alpha value is -2.91. The first-order valence-corrected chi connectivity index (χ1v) is 10.4. The Balaban J connectivity index is 2.16. The molecule has 29 heavy (non-hydrogen) atoms. The maximum atomic E-state index is 12.6. The fourth-order valence-electron chi connectivity index (χ4n) is 2.52. The minimum atomic E-state index is -3.73. The third kappa shape index (κ3) is 5.55. The highest BCUT2D eigenvalue weighted by Gasteiger charge is 2.23. The predicted molar refractivity (Wildman–Crippen MR) is 109 cm³/mol. The van der Waals surface area contributed by atoms with Gasteiger partial charge >= 0.3 is 5.97 Å². The van der Waals surface area contributed by atoms with Gasteiger partial charge < -0.3 is 14.8 Å². The van der Waals surface area contributed by atoms with Crippen molar-refractivity contribution in [2.75, 3.05) is 19.0 Å². The molecule has 8 nitrogen and oxygen atoms in total. The number of rotatable bonds is 8. The highest BCUT2D eigenvalue weighted by Crippen LogP contribution is 2.23. The van der Waals surface area contributed by atoms with Crippen LogP contribution in [0.3, 0.4) is 0 Å². The van der Waals surface area contributed by atoms with Gasteiger partial charge in [-0.05, 0) is 43.7 Å². The third-order valence-corrected chi connectivity index (χ3v) is 5.63. The van der Waals surface area contributed by atoms with Crippen LogP contribution in [0.2, 0.25) is 0 Å². The summed E-state index contributed by atoms with van der Waals surface area (Å²) in [5, 5.41) is 2.64. The smallest absolute Gasteiger partial charge is 0.339 e. The van der Waals surface area contributed by atoms with E-state index in [0.717, 1.165) is 0 Å². The first-order chi connectivity index (χ1) is 13.7. The van der Waals surface area contributed by atoms with E-state index in [9.17, 15) is 18.0 Å². The van der Waals surface area contributed by atoms with Crippen LogP contribution in [0.15, 0.2) is 47.4 Å². The van der Waals surface area contributed by atoms with Crippen LogP contribution in [-0.2, 0) is 19.6 Å². The summed E-state index contributed by atoms with van der Waals surface area (Å²) in [6.45, 7) is 4.95. The van der Waals surface area contributed by atoms with Crippen molar-refractivity contribution in [2.45, 2.75) is 31.8 Å². The van der Waals surface area contributed by atoms with E-state index < -0.39 is 28.0 Å². The molecule has 0 spiro atoms. The van der Waals surface area contributed by atoms with Crippen LogP contribution in [0.4, 0.5) is 5.69 Å². The Morgan fingerprint density at radius 2 is 1.83 bits per heavy atom.